The summed E-state index contributed by atoms with van der Waals surface area (Å²) < 4.78 is 0. The summed E-state index contributed by atoms with van der Waals surface area (Å²) in [5.74, 6) is -0.654. The lowest BCUT2D eigenvalue weighted by atomic mass is 9.88. The van der Waals surface area contributed by atoms with E-state index in [9.17, 15) is 14.4 Å². The number of imide groups is 1. The van der Waals surface area contributed by atoms with Crippen molar-refractivity contribution < 1.29 is 14.4 Å². The topological polar surface area (TPSA) is 66.5 Å². The van der Waals surface area contributed by atoms with Gasteiger partial charge >= 0.3 is 0 Å². The molecule has 0 unspecified atom stereocenters. The van der Waals surface area contributed by atoms with Gasteiger partial charge in [0.1, 0.15) is 0 Å². The summed E-state index contributed by atoms with van der Waals surface area (Å²) in [6, 6.07) is 27.2. The maximum atomic E-state index is 12.4. The van der Waals surface area contributed by atoms with Crippen LogP contribution in [0.2, 0.25) is 0 Å². The smallest absolute Gasteiger partial charge is 0.261 e. The summed E-state index contributed by atoms with van der Waals surface area (Å²) >= 11 is 0. The summed E-state index contributed by atoms with van der Waals surface area (Å²) in [6.45, 7) is 0.592. The van der Waals surface area contributed by atoms with Crippen molar-refractivity contribution in [1.82, 2.24) is 10.2 Å². The molecule has 156 valence electrons. The third-order valence-corrected chi connectivity index (χ3v) is 5.60. The number of amides is 3. The van der Waals surface area contributed by atoms with Crippen LogP contribution in [-0.4, -0.2) is 35.7 Å². The molecule has 3 aromatic carbocycles. The molecule has 1 N–H and O–H groups in total. The van der Waals surface area contributed by atoms with Gasteiger partial charge in [-0.1, -0.05) is 72.8 Å². The SMILES string of the molecule is O=C(CCN1C(=O)c2ccccc2C1=O)NCCC(c1ccccc1)c1ccccc1. The Morgan fingerprint density at radius 2 is 1.23 bits per heavy atom. The quantitative estimate of drug-likeness (QED) is 0.569. The van der Waals surface area contributed by atoms with Gasteiger partial charge in [0.25, 0.3) is 11.8 Å². The van der Waals surface area contributed by atoms with Crippen LogP contribution < -0.4 is 5.32 Å². The molecule has 5 nitrogen and oxygen atoms in total. The van der Waals surface area contributed by atoms with E-state index in [1.54, 1.807) is 24.3 Å². The molecule has 4 rings (SSSR count). The number of fused-ring (bicyclic) bond motifs is 1. The lowest BCUT2D eigenvalue weighted by Crippen LogP contribution is -2.35. The summed E-state index contributed by atoms with van der Waals surface area (Å²) in [7, 11) is 0. The molecule has 0 aliphatic carbocycles. The fourth-order valence-electron chi connectivity index (χ4n) is 4.00. The number of benzene rings is 3. The van der Waals surface area contributed by atoms with Crippen LogP contribution in [0.1, 0.15) is 50.6 Å². The Morgan fingerprint density at radius 3 is 1.74 bits per heavy atom. The van der Waals surface area contributed by atoms with Gasteiger partial charge in [0.2, 0.25) is 5.91 Å². The third kappa shape index (κ3) is 4.56. The number of carbonyl (C=O) groups is 3. The molecule has 5 heteroatoms. The van der Waals surface area contributed by atoms with E-state index in [2.05, 4.69) is 29.6 Å². The first-order chi connectivity index (χ1) is 15.1. The Kier molecular flexibility index (Phi) is 6.22. The van der Waals surface area contributed by atoms with Gasteiger partial charge in [0.15, 0.2) is 0 Å². The van der Waals surface area contributed by atoms with Gasteiger partial charge in [-0.3, -0.25) is 19.3 Å². The fraction of sp³-hybridized carbons (Fsp3) is 0.192. The monoisotopic (exact) mass is 412 g/mol. The molecule has 3 aromatic rings. The maximum absolute atomic E-state index is 12.4. The van der Waals surface area contributed by atoms with Gasteiger partial charge in [-0.15, -0.1) is 0 Å². The van der Waals surface area contributed by atoms with Gasteiger partial charge in [-0.2, -0.15) is 0 Å². The zero-order valence-corrected chi connectivity index (χ0v) is 17.2. The number of nitrogens with zero attached hydrogens (tertiary/aromatic N) is 1. The van der Waals surface area contributed by atoms with Crippen molar-refractivity contribution >= 4 is 17.7 Å². The third-order valence-electron chi connectivity index (χ3n) is 5.60. The minimum Gasteiger partial charge on any atom is -0.356 e. The molecule has 0 bridgehead atoms. The highest BCUT2D eigenvalue weighted by molar-refractivity contribution is 6.21. The second-order valence-corrected chi connectivity index (χ2v) is 7.57. The number of hydrogen-bond acceptors (Lipinski definition) is 3. The highest BCUT2D eigenvalue weighted by Crippen LogP contribution is 2.27. The average molecular weight is 412 g/mol. The van der Waals surface area contributed by atoms with E-state index in [1.165, 1.54) is 11.1 Å². The second-order valence-electron chi connectivity index (χ2n) is 7.57. The molecule has 1 aliphatic rings. The first-order valence-electron chi connectivity index (χ1n) is 10.5. The lowest BCUT2D eigenvalue weighted by Gasteiger charge is -2.19. The van der Waals surface area contributed by atoms with E-state index < -0.39 is 0 Å². The van der Waals surface area contributed by atoms with Crippen molar-refractivity contribution in [3.05, 3.63) is 107 Å². The van der Waals surface area contributed by atoms with Crippen molar-refractivity contribution in [1.29, 1.82) is 0 Å². The second kappa shape index (κ2) is 9.39. The largest absolute Gasteiger partial charge is 0.356 e. The van der Waals surface area contributed by atoms with Gasteiger partial charge in [0, 0.05) is 25.4 Å². The van der Waals surface area contributed by atoms with Crippen LogP contribution in [0.4, 0.5) is 0 Å². The molecule has 1 aliphatic heterocycles. The number of rotatable bonds is 8. The van der Waals surface area contributed by atoms with E-state index in [0.29, 0.717) is 17.7 Å². The molecule has 0 fully saturated rings. The molecular formula is C26H24N2O3. The van der Waals surface area contributed by atoms with E-state index in [0.717, 1.165) is 11.3 Å². The van der Waals surface area contributed by atoms with Crippen LogP contribution in [0, 0.1) is 0 Å². The van der Waals surface area contributed by atoms with Crippen molar-refractivity contribution in [2.75, 3.05) is 13.1 Å². The number of nitrogens with one attached hydrogen (secondary N) is 1. The van der Waals surface area contributed by atoms with Crippen LogP contribution in [0.15, 0.2) is 84.9 Å². The lowest BCUT2D eigenvalue weighted by molar-refractivity contribution is -0.121. The summed E-state index contributed by atoms with van der Waals surface area (Å²) in [5.41, 5.74) is 3.21. The molecule has 0 atom stereocenters. The van der Waals surface area contributed by atoms with Gasteiger partial charge in [-0.25, -0.2) is 0 Å². The van der Waals surface area contributed by atoms with Crippen molar-refractivity contribution in [3.63, 3.8) is 0 Å². The minimum absolute atomic E-state index is 0.0823. The molecule has 0 saturated carbocycles. The van der Waals surface area contributed by atoms with Gasteiger partial charge in [0.05, 0.1) is 11.1 Å². The van der Waals surface area contributed by atoms with E-state index in [1.807, 2.05) is 36.4 Å². The predicted molar refractivity (Wildman–Crippen MR) is 119 cm³/mol. The van der Waals surface area contributed by atoms with E-state index in [-0.39, 0.29) is 36.6 Å². The Balaban J connectivity index is 1.31. The van der Waals surface area contributed by atoms with E-state index >= 15 is 0 Å². The van der Waals surface area contributed by atoms with Gasteiger partial charge in [-0.05, 0) is 29.7 Å². The van der Waals surface area contributed by atoms with Crippen LogP contribution in [0.3, 0.4) is 0 Å². The molecule has 31 heavy (non-hydrogen) atoms. The Hall–Kier alpha value is -3.73. The summed E-state index contributed by atoms with van der Waals surface area (Å²) in [4.78, 5) is 38.4. The first-order valence-corrected chi connectivity index (χ1v) is 10.5. The minimum atomic E-state index is -0.332. The van der Waals surface area contributed by atoms with E-state index in [4.69, 9.17) is 0 Å². The van der Waals surface area contributed by atoms with Crippen LogP contribution in [0.25, 0.3) is 0 Å². The van der Waals surface area contributed by atoms with Gasteiger partial charge < -0.3 is 5.32 Å². The molecule has 0 radical (unpaired) electrons. The van der Waals surface area contributed by atoms with Crippen molar-refractivity contribution in [3.8, 4) is 0 Å². The molecule has 0 saturated heterocycles. The zero-order chi connectivity index (χ0) is 21.6. The number of hydrogen-bond donors (Lipinski definition) is 1. The molecule has 1 heterocycles. The highest BCUT2D eigenvalue weighted by Gasteiger charge is 2.34. The normalized spacial score (nSPS) is 12.9. The Morgan fingerprint density at radius 1 is 0.742 bits per heavy atom. The molecule has 0 aromatic heterocycles. The predicted octanol–water partition coefficient (Wildman–Crippen LogP) is 4.01. The van der Waals surface area contributed by atoms with Crippen LogP contribution in [0.5, 0.6) is 0 Å². The van der Waals surface area contributed by atoms with Crippen molar-refractivity contribution in [2.45, 2.75) is 18.8 Å². The standard InChI is InChI=1S/C26H24N2O3/c29-24(16-18-28-25(30)22-13-7-8-14-23(22)26(28)31)27-17-15-21(19-9-3-1-4-10-19)20-11-5-2-6-12-20/h1-14,21H,15-18H2,(H,27,29). The number of carbonyl (C=O) groups excluding carboxylic acids is 3. The summed E-state index contributed by atoms with van der Waals surface area (Å²) in [6.07, 6.45) is 0.847. The maximum Gasteiger partial charge on any atom is 0.261 e. The van der Waals surface area contributed by atoms with Crippen molar-refractivity contribution in [2.24, 2.45) is 0 Å². The zero-order valence-electron chi connectivity index (χ0n) is 17.2. The summed E-state index contributed by atoms with van der Waals surface area (Å²) in [5, 5.41) is 2.94. The highest BCUT2D eigenvalue weighted by atomic mass is 16.2. The first kappa shape index (κ1) is 20.5. The Bertz CT molecular complexity index is 1010. The van der Waals surface area contributed by atoms with Crippen LogP contribution >= 0.6 is 0 Å². The molecular weight excluding hydrogens is 388 g/mol. The molecule has 0 spiro atoms. The average Bonchev–Trinajstić information content (AvgIpc) is 3.06. The Labute approximate surface area is 181 Å². The van der Waals surface area contributed by atoms with Crippen LogP contribution in [-0.2, 0) is 4.79 Å². The molecule has 3 amide bonds. The fourth-order valence-corrected chi connectivity index (χ4v) is 4.00.